The lowest BCUT2D eigenvalue weighted by Gasteiger charge is -2.36. The van der Waals surface area contributed by atoms with Crippen LogP contribution in [0.15, 0.2) is 72.8 Å². The molecule has 1 aliphatic rings. The number of carbonyl (C=O) groups excluding carboxylic acids is 1. The summed E-state index contributed by atoms with van der Waals surface area (Å²) in [6.45, 7) is 6.59. The standard InChI is InChI=1S/C31H32O4/c1-19(2)23-15-12-20(3)18-28(23)35-31(33)34-27-17-14-22-9-5-7-11-25(22)30(27)29-24-10-6-4-8-21(24)13-16-26(29)32/h4-11,13-14,16-17,19-20,23,28,32H,12,15,18H2,1-3H3/t20-,23+,28-/m1/s1. The molecular formula is C31H32O4. The molecule has 0 saturated heterocycles. The number of benzene rings is 4. The summed E-state index contributed by atoms with van der Waals surface area (Å²) < 4.78 is 11.8. The highest BCUT2D eigenvalue weighted by Crippen LogP contribution is 2.45. The van der Waals surface area contributed by atoms with Crippen molar-refractivity contribution in [2.45, 2.75) is 46.1 Å². The van der Waals surface area contributed by atoms with Crippen LogP contribution < -0.4 is 4.74 Å². The molecule has 0 aromatic heterocycles. The highest BCUT2D eigenvalue weighted by Gasteiger charge is 2.34. The monoisotopic (exact) mass is 468 g/mol. The Morgan fingerprint density at radius 1 is 0.857 bits per heavy atom. The van der Waals surface area contributed by atoms with Crippen LogP contribution in [0.4, 0.5) is 4.79 Å². The molecular weight excluding hydrogens is 436 g/mol. The zero-order valence-corrected chi connectivity index (χ0v) is 20.5. The van der Waals surface area contributed by atoms with E-state index in [2.05, 4.69) is 20.8 Å². The first-order chi connectivity index (χ1) is 16.9. The van der Waals surface area contributed by atoms with E-state index in [0.29, 0.717) is 34.6 Å². The normalized spacial score (nSPS) is 20.3. The fraction of sp³-hybridized carbons (Fsp3) is 0.323. The minimum absolute atomic E-state index is 0.138. The van der Waals surface area contributed by atoms with E-state index >= 15 is 0 Å². The number of phenols is 1. The van der Waals surface area contributed by atoms with Gasteiger partial charge in [0.2, 0.25) is 0 Å². The zero-order chi connectivity index (χ0) is 24.5. The van der Waals surface area contributed by atoms with Crippen LogP contribution in [0.3, 0.4) is 0 Å². The Labute approximate surface area is 206 Å². The number of hydrogen-bond acceptors (Lipinski definition) is 4. The van der Waals surface area contributed by atoms with Gasteiger partial charge in [-0.05, 0) is 64.3 Å². The topological polar surface area (TPSA) is 55.8 Å². The van der Waals surface area contributed by atoms with Crippen molar-refractivity contribution in [3.63, 3.8) is 0 Å². The molecule has 0 radical (unpaired) electrons. The number of fused-ring (bicyclic) bond motifs is 2. The summed E-state index contributed by atoms with van der Waals surface area (Å²) in [5.74, 6) is 1.80. The molecule has 4 heteroatoms. The lowest BCUT2D eigenvalue weighted by molar-refractivity contribution is -0.0136. The largest absolute Gasteiger partial charge is 0.514 e. The molecule has 0 heterocycles. The third-order valence-corrected chi connectivity index (χ3v) is 7.45. The number of carbonyl (C=O) groups is 1. The van der Waals surface area contributed by atoms with Crippen molar-refractivity contribution in [2.24, 2.45) is 17.8 Å². The van der Waals surface area contributed by atoms with Crippen molar-refractivity contribution in [3.8, 4) is 22.6 Å². The predicted octanol–water partition coefficient (Wildman–Crippen LogP) is 8.34. The highest BCUT2D eigenvalue weighted by atomic mass is 16.7. The smallest absolute Gasteiger partial charge is 0.507 e. The molecule has 180 valence electrons. The molecule has 0 amide bonds. The third kappa shape index (κ3) is 4.58. The molecule has 0 aliphatic heterocycles. The predicted molar refractivity (Wildman–Crippen MR) is 141 cm³/mol. The Hall–Kier alpha value is -3.53. The Morgan fingerprint density at radius 2 is 1.49 bits per heavy atom. The van der Waals surface area contributed by atoms with E-state index in [1.165, 1.54) is 0 Å². The second kappa shape index (κ2) is 9.61. The summed E-state index contributed by atoms with van der Waals surface area (Å²) in [4.78, 5) is 13.1. The molecule has 35 heavy (non-hydrogen) atoms. The van der Waals surface area contributed by atoms with Gasteiger partial charge in [-0.25, -0.2) is 4.79 Å². The van der Waals surface area contributed by atoms with Gasteiger partial charge in [0.1, 0.15) is 17.6 Å². The van der Waals surface area contributed by atoms with Crippen LogP contribution in [0.5, 0.6) is 11.5 Å². The Morgan fingerprint density at radius 3 is 2.17 bits per heavy atom. The lowest BCUT2D eigenvalue weighted by atomic mass is 9.75. The van der Waals surface area contributed by atoms with Gasteiger partial charge < -0.3 is 14.6 Å². The van der Waals surface area contributed by atoms with E-state index < -0.39 is 6.16 Å². The summed E-state index contributed by atoms with van der Waals surface area (Å²) in [6, 6.07) is 23.1. The Bertz CT molecular complexity index is 1370. The van der Waals surface area contributed by atoms with Gasteiger partial charge in [-0.1, -0.05) is 87.9 Å². The quantitative estimate of drug-likeness (QED) is 0.241. The first kappa shape index (κ1) is 23.2. The van der Waals surface area contributed by atoms with E-state index in [4.69, 9.17) is 9.47 Å². The SMILES string of the molecule is CC(C)[C@@H]1CC[C@@H](C)C[C@H]1OC(=O)Oc1ccc2ccccc2c1-c1c(O)ccc2ccccc12. The number of phenolic OH excluding ortho intramolecular Hbond substituents is 1. The number of ether oxygens (including phenoxy) is 2. The van der Waals surface area contributed by atoms with E-state index in [9.17, 15) is 9.90 Å². The van der Waals surface area contributed by atoms with Crippen LogP contribution >= 0.6 is 0 Å². The maximum atomic E-state index is 13.1. The summed E-state index contributed by atoms with van der Waals surface area (Å²) in [5, 5.41) is 14.8. The summed E-state index contributed by atoms with van der Waals surface area (Å²) >= 11 is 0. The second-order valence-corrected chi connectivity index (χ2v) is 10.2. The van der Waals surface area contributed by atoms with Gasteiger partial charge in [0, 0.05) is 11.1 Å². The molecule has 3 atom stereocenters. The Kier molecular flexibility index (Phi) is 6.38. The molecule has 1 aliphatic carbocycles. The summed E-state index contributed by atoms with van der Waals surface area (Å²) in [6.07, 6.45) is 2.23. The fourth-order valence-corrected chi connectivity index (χ4v) is 5.60. The maximum absolute atomic E-state index is 13.1. The van der Waals surface area contributed by atoms with Gasteiger partial charge >= 0.3 is 6.16 Å². The first-order valence-corrected chi connectivity index (χ1v) is 12.5. The van der Waals surface area contributed by atoms with Crippen molar-refractivity contribution >= 4 is 27.7 Å². The van der Waals surface area contributed by atoms with Gasteiger partial charge in [0.15, 0.2) is 0 Å². The van der Waals surface area contributed by atoms with Crippen LogP contribution in [-0.4, -0.2) is 17.4 Å². The van der Waals surface area contributed by atoms with Crippen LogP contribution in [0.2, 0.25) is 0 Å². The molecule has 5 rings (SSSR count). The molecule has 0 bridgehead atoms. The molecule has 0 spiro atoms. The molecule has 1 N–H and O–H groups in total. The van der Waals surface area contributed by atoms with Gasteiger partial charge in [0.25, 0.3) is 0 Å². The van der Waals surface area contributed by atoms with Gasteiger partial charge in [-0.3, -0.25) is 0 Å². The molecule has 1 fully saturated rings. The lowest BCUT2D eigenvalue weighted by Crippen LogP contribution is -2.36. The van der Waals surface area contributed by atoms with Gasteiger partial charge in [-0.2, -0.15) is 0 Å². The van der Waals surface area contributed by atoms with Gasteiger partial charge in [0.05, 0.1) is 0 Å². The van der Waals surface area contributed by atoms with E-state index in [-0.39, 0.29) is 11.9 Å². The summed E-state index contributed by atoms with van der Waals surface area (Å²) in [7, 11) is 0. The Balaban J connectivity index is 1.57. The van der Waals surface area contributed by atoms with E-state index in [1.54, 1.807) is 12.1 Å². The summed E-state index contributed by atoms with van der Waals surface area (Å²) in [5.41, 5.74) is 1.33. The van der Waals surface area contributed by atoms with E-state index in [1.807, 2.05) is 60.7 Å². The average molecular weight is 469 g/mol. The molecule has 4 aromatic carbocycles. The van der Waals surface area contributed by atoms with Crippen molar-refractivity contribution < 1.29 is 19.4 Å². The molecule has 4 aromatic rings. The molecule has 1 saturated carbocycles. The van der Waals surface area contributed by atoms with Crippen molar-refractivity contribution in [1.82, 2.24) is 0 Å². The third-order valence-electron chi connectivity index (χ3n) is 7.45. The second-order valence-electron chi connectivity index (χ2n) is 10.2. The van der Waals surface area contributed by atoms with Crippen molar-refractivity contribution in [1.29, 1.82) is 0 Å². The van der Waals surface area contributed by atoms with Gasteiger partial charge in [-0.15, -0.1) is 0 Å². The fourth-order valence-electron chi connectivity index (χ4n) is 5.60. The van der Waals surface area contributed by atoms with Crippen LogP contribution in [0, 0.1) is 17.8 Å². The average Bonchev–Trinajstić information content (AvgIpc) is 2.84. The van der Waals surface area contributed by atoms with Crippen LogP contribution in [0.1, 0.15) is 40.0 Å². The number of aromatic hydroxyl groups is 1. The minimum Gasteiger partial charge on any atom is -0.507 e. The minimum atomic E-state index is -0.689. The zero-order valence-electron chi connectivity index (χ0n) is 20.5. The number of rotatable bonds is 4. The molecule has 4 nitrogen and oxygen atoms in total. The number of hydrogen-bond donors (Lipinski definition) is 1. The maximum Gasteiger partial charge on any atom is 0.514 e. The van der Waals surface area contributed by atoms with Crippen molar-refractivity contribution in [3.05, 3.63) is 72.8 Å². The van der Waals surface area contributed by atoms with Crippen LogP contribution in [0.25, 0.3) is 32.7 Å². The van der Waals surface area contributed by atoms with Crippen molar-refractivity contribution in [2.75, 3.05) is 0 Å². The van der Waals surface area contributed by atoms with Crippen LogP contribution in [-0.2, 0) is 4.74 Å². The first-order valence-electron chi connectivity index (χ1n) is 12.5. The van der Waals surface area contributed by atoms with E-state index in [0.717, 1.165) is 40.8 Å². The highest BCUT2D eigenvalue weighted by molar-refractivity contribution is 6.09. The molecule has 0 unspecified atom stereocenters.